The number of nitrogens with zero attached hydrogens (tertiary/aromatic N) is 1. The third-order valence-electron chi connectivity index (χ3n) is 3.27. The molecule has 0 unspecified atom stereocenters. The molecular formula is C19H20N2O3. The molecule has 1 N–H and O–H groups in total. The Hall–Kier alpha value is -3.08. The molecule has 124 valence electrons. The number of hydrogen-bond donors (Lipinski definition) is 1. The molecule has 0 aliphatic heterocycles. The number of hydrogen-bond acceptors (Lipinski definition) is 4. The van der Waals surface area contributed by atoms with E-state index in [1.165, 1.54) is 7.11 Å². The lowest BCUT2D eigenvalue weighted by molar-refractivity contribution is 0.0954. The van der Waals surface area contributed by atoms with Gasteiger partial charge in [0.25, 0.3) is 5.91 Å². The van der Waals surface area contributed by atoms with Crippen molar-refractivity contribution < 1.29 is 14.3 Å². The predicted octanol–water partition coefficient (Wildman–Crippen LogP) is 3.52. The summed E-state index contributed by atoms with van der Waals surface area (Å²) in [4.78, 5) is 12.1. The van der Waals surface area contributed by atoms with Gasteiger partial charge in [0.15, 0.2) is 11.5 Å². The van der Waals surface area contributed by atoms with Gasteiger partial charge >= 0.3 is 0 Å². The first-order valence-electron chi connectivity index (χ1n) is 7.43. The van der Waals surface area contributed by atoms with E-state index in [1.54, 1.807) is 31.5 Å². The minimum atomic E-state index is -0.320. The van der Waals surface area contributed by atoms with Crippen LogP contribution in [0.15, 0.2) is 59.2 Å². The smallest absolute Gasteiger partial charge is 0.271 e. The normalized spacial score (nSPS) is 11.4. The molecule has 0 fully saturated rings. The molecule has 0 saturated carbocycles. The van der Waals surface area contributed by atoms with Crippen LogP contribution >= 0.6 is 0 Å². The Morgan fingerprint density at radius 3 is 2.42 bits per heavy atom. The van der Waals surface area contributed by atoms with Gasteiger partial charge in [0.05, 0.1) is 20.4 Å². The molecule has 0 atom stereocenters. The quantitative estimate of drug-likeness (QED) is 0.653. The molecule has 5 nitrogen and oxygen atoms in total. The first-order chi connectivity index (χ1) is 11.6. The van der Waals surface area contributed by atoms with Crippen LogP contribution in [-0.4, -0.2) is 26.3 Å². The zero-order chi connectivity index (χ0) is 17.4. The van der Waals surface area contributed by atoms with Crippen molar-refractivity contribution in [2.24, 2.45) is 5.10 Å². The Morgan fingerprint density at radius 1 is 1.04 bits per heavy atom. The highest BCUT2D eigenvalue weighted by Crippen LogP contribution is 2.27. The molecule has 0 aliphatic rings. The molecule has 5 heteroatoms. The Labute approximate surface area is 141 Å². The summed E-state index contributed by atoms with van der Waals surface area (Å²) < 4.78 is 10.3. The van der Waals surface area contributed by atoms with Crippen molar-refractivity contribution in [1.82, 2.24) is 5.43 Å². The van der Waals surface area contributed by atoms with Gasteiger partial charge < -0.3 is 9.47 Å². The van der Waals surface area contributed by atoms with Gasteiger partial charge in [-0.1, -0.05) is 36.4 Å². The lowest BCUT2D eigenvalue weighted by Crippen LogP contribution is -2.17. The van der Waals surface area contributed by atoms with Crippen LogP contribution in [0.1, 0.15) is 22.8 Å². The predicted molar refractivity (Wildman–Crippen MR) is 95.6 cm³/mol. The fourth-order valence-electron chi connectivity index (χ4n) is 2.08. The maximum Gasteiger partial charge on any atom is 0.271 e. The van der Waals surface area contributed by atoms with E-state index in [-0.39, 0.29) is 5.91 Å². The summed E-state index contributed by atoms with van der Waals surface area (Å²) in [6.45, 7) is 1.92. The van der Waals surface area contributed by atoms with E-state index in [4.69, 9.17) is 9.47 Å². The molecule has 0 bridgehead atoms. The second kappa shape index (κ2) is 8.53. The highest BCUT2D eigenvalue weighted by molar-refractivity contribution is 5.95. The lowest BCUT2D eigenvalue weighted by atomic mass is 10.1. The Morgan fingerprint density at radius 2 is 1.75 bits per heavy atom. The molecule has 0 spiro atoms. The van der Waals surface area contributed by atoms with Crippen LogP contribution in [0.4, 0.5) is 0 Å². The summed E-state index contributed by atoms with van der Waals surface area (Å²) in [7, 11) is 3.07. The van der Waals surface area contributed by atoms with Crippen LogP contribution in [0, 0.1) is 0 Å². The number of carbonyl (C=O) groups excluding carboxylic acids is 1. The summed E-state index contributed by atoms with van der Waals surface area (Å²) in [6.07, 6.45) is 3.58. The topological polar surface area (TPSA) is 59.9 Å². The SMILES string of the molecule is COc1ccc(C(=O)NN=CC(C)=Cc2ccccc2)cc1OC. The molecule has 1 amide bonds. The number of benzene rings is 2. The molecular weight excluding hydrogens is 304 g/mol. The summed E-state index contributed by atoms with van der Waals surface area (Å²) in [6, 6.07) is 14.8. The Kier molecular flexibility index (Phi) is 6.14. The average molecular weight is 324 g/mol. The average Bonchev–Trinajstić information content (AvgIpc) is 2.61. The maximum atomic E-state index is 12.1. The van der Waals surface area contributed by atoms with Crippen LogP contribution in [0.5, 0.6) is 11.5 Å². The minimum Gasteiger partial charge on any atom is -0.493 e. The van der Waals surface area contributed by atoms with E-state index in [0.29, 0.717) is 17.1 Å². The number of allylic oxidation sites excluding steroid dienone is 1. The lowest BCUT2D eigenvalue weighted by Gasteiger charge is -2.08. The molecule has 2 rings (SSSR count). The van der Waals surface area contributed by atoms with Crippen molar-refractivity contribution in [3.05, 3.63) is 65.2 Å². The van der Waals surface area contributed by atoms with Crippen LogP contribution in [0.25, 0.3) is 6.08 Å². The monoisotopic (exact) mass is 324 g/mol. The summed E-state index contributed by atoms with van der Waals surface area (Å²) in [5.41, 5.74) is 4.94. The van der Waals surface area contributed by atoms with E-state index in [9.17, 15) is 4.79 Å². The Bertz CT molecular complexity index is 752. The minimum absolute atomic E-state index is 0.320. The summed E-state index contributed by atoms with van der Waals surface area (Å²) >= 11 is 0. The van der Waals surface area contributed by atoms with Gasteiger partial charge in [-0.05, 0) is 36.3 Å². The van der Waals surface area contributed by atoms with Gasteiger partial charge in [0, 0.05) is 5.56 Å². The highest BCUT2D eigenvalue weighted by Gasteiger charge is 2.09. The summed E-state index contributed by atoms with van der Waals surface area (Å²) in [5, 5.41) is 3.98. The van der Waals surface area contributed by atoms with Gasteiger partial charge in [-0.2, -0.15) is 5.10 Å². The van der Waals surface area contributed by atoms with Crippen LogP contribution < -0.4 is 14.9 Å². The van der Waals surface area contributed by atoms with Crippen molar-refractivity contribution in [3.8, 4) is 11.5 Å². The summed E-state index contributed by atoms with van der Waals surface area (Å²) in [5.74, 6) is 0.744. The highest BCUT2D eigenvalue weighted by atomic mass is 16.5. The number of hydrazone groups is 1. The van der Waals surface area contributed by atoms with Crippen molar-refractivity contribution >= 4 is 18.2 Å². The molecule has 0 aliphatic carbocycles. The van der Waals surface area contributed by atoms with Crippen molar-refractivity contribution in [3.63, 3.8) is 0 Å². The third-order valence-corrected chi connectivity index (χ3v) is 3.27. The molecule has 0 radical (unpaired) electrons. The molecule has 0 heterocycles. The van der Waals surface area contributed by atoms with E-state index >= 15 is 0 Å². The first kappa shape index (κ1) is 17.3. The third kappa shape index (κ3) is 4.71. The zero-order valence-corrected chi connectivity index (χ0v) is 13.9. The fraction of sp³-hybridized carbons (Fsp3) is 0.158. The number of amides is 1. The first-order valence-corrected chi connectivity index (χ1v) is 7.43. The van der Waals surface area contributed by atoms with Crippen LogP contribution in [-0.2, 0) is 0 Å². The number of ether oxygens (including phenoxy) is 2. The van der Waals surface area contributed by atoms with Gasteiger partial charge in [0.2, 0.25) is 0 Å². The zero-order valence-electron chi connectivity index (χ0n) is 13.9. The number of methoxy groups -OCH3 is 2. The van der Waals surface area contributed by atoms with Crippen molar-refractivity contribution in [2.75, 3.05) is 14.2 Å². The molecule has 2 aromatic carbocycles. The number of rotatable bonds is 6. The van der Waals surface area contributed by atoms with E-state index in [1.807, 2.05) is 43.3 Å². The van der Waals surface area contributed by atoms with Gasteiger partial charge in [-0.25, -0.2) is 5.43 Å². The van der Waals surface area contributed by atoms with Crippen molar-refractivity contribution in [1.29, 1.82) is 0 Å². The molecule has 0 saturated heterocycles. The van der Waals surface area contributed by atoms with E-state index in [2.05, 4.69) is 10.5 Å². The number of carbonyl (C=O) groups is 1. The fourth-order valence-corrected chi connectivity index (χ4v) is 2.08. The molecule has 0 aromatic heterocycles. The Balaban J connectivity index is 2.01. The number of nitrogens with one attached hydrogen (secondary N) is 1. The van der Waals surface area contributed by atoms with Gasteiger partial charge in [-0.15, -0.1) is 0 Å². The van der Waals surface area contributed by atoms with E-state index < -0.39 is 0 Å². The van der Waals surface area contributed by atoms with Gasteiger partial charge in [0.1, 0.15) is 0 Å². The largest absolute Gasteiger partial charge is 0.493 e. The van der Waals surface area contributed by atoms with Crippen molar-refractivity contribution in [2.45, 2.75) is 6.92 Å². The van der Waals surface area contributed by atoms with Crippen LogP contribution in [0.3, 0.4) is 0 Å². The van der Waals surface area contributed by atoms with Crippen LogP contribution in [0.2, 0.25) is 0 Å². The van der Waals surface area contributed by atoms with Gasteiger partial charge in [-0.3, -0.25) is 4.79 Å². The second-order valence-electron chi connectivity index (χ2n) is 5.07. The molecule has 2 aromatic rings. The van der Waals surface area contributed by atoms with E-state index in [0.717, 1.165) is 11.1 Å². The maximum absolute atomic E-state index is 12.1. The molecule has 24 heavy (non-hydrogen) atoms. The second-order valence-corrected chi connectivity index (χ2v) is 5.07. The standard InChI is InChI=1S/C19H20N2O3/c1-14(11-15-7-5-4-6-8-15)13-20-21-19(22)16-9-10-17(23-2)18(12-16)24-3/h4-13H,1-3H3,(H,21,22).